The number of hydrogen-bond donors (Lipinski definition) is 0. The zero-order valence-corrected chi connectivity index (χ0v) is 9.88. The largest absolute Gasteiger partial charge is 0.465 e. The second-order valence-electron chi connectivity index (χ2n) is 3.67. The lowest BCUT2D eigenvalue weighted by Crippen LogP contribution is -2.38. The van der Waals surface area contributed by atoms with Crippen molar-refractivity contribution in [3.05, 3.63) is 4.91 Å². The van der Waals surface area contributed by atoms with Gasteiger partial charge in [0.05, 0.1) is 12.5 Å². The maximum Gasteiger partial charge on any atom is 0.394 e. The van der Waals surface area contributed by atoms with E-state index in [0.717, 1.165) is 11.8 Å². The molecule has 0 saturated carbocycles. The lowest BCUT2D eigenvalue weighted by Gasteiger charge is -2.18. The summed E-state index contributed by atoms with van der Waals surface area (Å²) in [6.45, 7) is 1.90. The normalized spacial score (nSPS) is 29.1. The number of halogens is 3. The summed E-state index contributed by atoms with van der Waals surface area (Å²) in [5.41, 5.74) is 0. The summed E-state index contributed by atoms with van der Waals surface area (Å²) in [5.74, 6) is -2.97. The van der Waals surface area contributed by atoms with Crippen LogP contribution in [-0.2, 0) is 9.53 Å². The van der Waals surface area contributed by atoms with Gasteiger partial charge in [-0.25, -0.2) is 0 Å². The first-order valence-electron chi connectivity index (χ1n) is 5.09. The molecule has 98 valence electrons. The molecule has 3 unspecified atom stereocenters. The van der Waals surface area contributed by atoms with E-state index in [9.17, 15) is 22.9 Å². The van der Waals surface area contributed by atoms with Crippen LogP contribution in [0.3, 0.4) is 0 Å². The molecule has 1 fully saturated rings. The lowest BCUT2D eigenvalue weighted by molar-refractivity contribution is -0.172. The molecule has 0 aromatic heterocycles. The second-order valence-corrected chi connectivity index (χ2v) is 4.84. The molecule has 1 saturated heterocycles. The Labute approximate surface area is 100 Å². The van der Waals surface area contributed by atoms with E-state index in [1.807, 2.05) is 0 Å². The van der Waals surface area contributed by atoms with Gasteiger partial charge in [0.2, 0.25) is 0 Å². The predicted octanol–water partition coefficient (Wildman–Crippen LogP) is 2.37. The molecule has 3 atom stereocenters. The summed E-state index contributed by atoms with van der Waals surface area (Å²) >= 11 is 0.780. The fraction of sp³-hybridized carbons (Fsp3) is 0.889. The van der Waals surface area contributed by atoms with Gasteiger partial charge in [-0.1, -0.05) is 12.1 Å². The highest BCUT2D eigenvalue weighted by atomic mass is 32.2. The number of nitrogens with zero attached hydrogens (tertiary/aromatic N) is 1. The zero-order valence-electron chi connectivity index (χ0n) is 9.07. The molecule has 0 amide bonds. The molecule has 1 aliphatic rings. The van der Waals surface area contributed by atoms with Gasteiger partial charge >= 0.3 is 12.1 Å². The molecular weight excluding hydrogens is 259 g/mol. The summed E-state index contributed by atoms with van der Waals surface area (Å²) in [7, 11) is 0. The Balaban J connectivity index is 2.70. The quantitative estimate of drug-likeness (QED) is 0.582. The minimum absolute atomic E-state index is 0.137. The van der Waals surface area contributed by atoms with Crippen LogP contribution in [0.25, 0.3) is 0 Å². The van der Waals surface area contributed by atoms with Crippen LogP contribution in [0.15, 0.2) is 5.18 Å². The van der Waals surface area contributed by atoms with E-state index in [-0.39, 0.29) is 12.4 Å². The Kier molecular flexibility index (Phi) is 4.79. The minimum atomic E-state index is -4.51. The van der Waals surface area contributed by atoms with Gasteiger partial charge < -0.3 is 4.74 Å². The molecule has 0 spiro atoms. The molecule has 0 N–H and O–H groups in total. The van der Waals surface area contributed by atoms with Crippen molar-refractivity contribution >= 4 is 17.7 Å². The van der Waals surface area contributed by atoms with E-state index in [1.165, 1.54) is 0 Å². The van der Waals surface area contributed by atoms with Gasteiger partial charge in [0.1, 0.15) is 11.3 Å². The summed E-state index contributed by atoms with van der Waals surface area (Å²) in [6.07, 6.45) is -3.93. The highest BCUT2D eigenvalue weighted by Crippen LogP contribution is 2.43. The number of rotatable bonds is 4. The number of carbonyl (C=O) groups excluding carboxylic acids is 1. The number of hydrogen-bond acceptors (Lipinski definition) is 5. The van der Waals surface area contributed by atoms with Crippen molar-refractivity contribution in [3.8, 4) is 0 Å². The van der Waals surface area contributed by atoms with Crippen LogP contribution < -0.4 is 0 Å². The van der Waals surface area contributed by atoms with Crippen molar-refractivity contribution in [1.82, 2.24) is 0 Å². The summed E-state index contributed by atoms with van der Waals surface area (Å²) in [6, 6.07) is -1.58. The number of carbonyl (C=O) groups is 1. The summed E-state index contributed by atoms with van der Waals surface area (Å²) < 4.78 is 42.3. The van der Waals surface area contributed by atoms with E-state index < -0.39 is 29.4 Å². The predicted molar refractivity (Wildman–Crippen MR) is 56.6 cm³/mol. The molecule has 1 aliphatic heterocycles. The molecule has 0 aliphatic carbocycles. The van der Waals surface area contributed by atoms with Gasteiger partial charge in [0.15, 0.2) is 0 Å². The maximum absolute atomic E-state index is 12.5. The second kappa shape index (κ2) is 5.70. The van der Waals surface area contributed by atoms with E-state index >= 15 is 0 Å². The zero-order chi connectivity index (χ0) is 13.1. The average molecular weight is 271 g/mol. The maximum atomic E-state index is 12.5. The molecule has 1 rings (SSSR count). The first-order valence-corrected chi connectivity index (χ1v) is 6.14. The molecule has 1 heterocycles. The molecule has 4 nitrogen and oxygen atoms in total. The molecule has 0 bridgehead atoms. The molecule has 0 aromatic rings. The van der Waals surface area contributed by atoms with Crippen LogP contribution in [0.5, 0.6) is 0 Å². The van der Waals surface area contributed by atoms with Crippen LogP contribution in [0.4, 0.5) is 13.2 Å². The van der Waals surface area contributed by atoms with Crippen molar-refractivity contribution in [2.24, 2.45) is 11.1 Å². The summed E-state index contributed by atoms with van der Waals surface area (Å²) in [4.78, 5) is 21.9. The minimum Gasteiger partial charge on any atom is -0.465 e. The Hall–Kier alpha value is -0.790. The average Bonchev–Trinajstić information content (AvgIpc) is 2.68. The summed E-state index contributed by atoms with van der Waals surface area (Å²) in [5, 5.41) is 1.32. The van der Waals surface area contributed by atoms with Crippen LogP contribution >= 0.6 is 11.8 Å². The van der Waals surface area contributed by atoms with Crippen LogP contribution in [0.2, 0.25) is 0 Å². The molecule has 8 heteroatoms. The third-order valence-corrected chi connectivity index (χ3v) is 3.78. The van der Waals surface area contributed by atoms with Crippen molar-refractivity contribution < 1.29 is 22.7 Å². The van der Waals surface area contributed by atoms with Crippen molar-refractivity contribution in [3.63, 3.8) is 0 Å². The number of ether oxygens (including phenoxy) is 1. The Morgan fingerprint density at radius 1 is 1.53 bits per heavy atom. The van der Waals surface area contributed by atoms with E-state index in [2.05, 4.69) is 5.18 Å². The first-order chi connectivity index (χ1) is 7.91. The van der Waals surface area contributed by atoms with Gasteiger partial charge in [0, 0.05) is 5.75 Å². The van der Waals surface area contributed by atoms with Crippen molar-refractivity contribution in [1.29, 1.82) is 0 Å². The Morgan fingerprint density at radius 2 is 2.18 bits per heavy atom. The number of esters is 1. The number of thioether (sulfide) groups is 1. The molecule has 17 heavy (non-hydrogen) atoms. The molecule has 0 radical (unpaired) electrons. The number of nitroso groups, excluding NO2 is 1. The standard InChI is InChI=1S/C9H12F3NO3S/c1-2-3-16-8(14)7-6(13-15)5(4-17-7)9(10,11)12/h5-7H,2-4H2,1H3. The fourth-order valence-electron chi connectivity index (χ4n) is 1.52. The van der Waals surface area contributed by atoms with Gasteiger partial charge in [-0.2, -0.15) is 18.1 Å². The molecule has 0 aromatic carbocycles. The van der Waals surface area contributed by atoms with Crippen LogP contribution in [0, 0.1) is 10.8 Å². The SMILES string of the molecule is CCCOC(=O)C1SCC(C(F)(F)F)C1N=O. The Morgan fingerprint density at radius 3 is 2.65 bits per heavy atom. The van der Waals surface area contributed by atoms with Crippen LogP contribution in [0.1, 0.15) is 13.3 Å². The van der Waals surface area contributed by atoms with Gasteiger partial charge in [-0.05, 0) is 6.42 Å². The first kappa shape index (κ1) is 14.3. The van der Waals surface area contributed by atoms with Crippen molar-refractivity contribution in [2.45, 2.75) is 30.8 Å². The van der Waals surface area contributed by atoms with Crippen LogP contribution in [-0.4, -0.2) is 35.8 Å². The molecular formula is C9H12F3NO3S. The number of alkyl halides is 3. The van der Waals surface area contributed by atoms with Crippen molar-refractivity contribution in [2.75, 3.05) is 12.4 Å². The van der Waals surface area contributed by atoms with Gasteiger partial charge in [-0.3, -0.25) is 4.79 Å². The third-order valence-electron chi connectivity index (χ3n) is 2.40. The Bertz CT molecular complexity index is 298. The topological polar surface area (TPSA) is 55.7 Å². The van der Waals surface area contributed by atoms with Gasteiger partial charge in [0.25, 0.3) is 0 Å². The highest BCUT2D eigenvalue weighted by Gasteiger charge is 2.55. The fourth-order valence-corrected chi connectivity index (χ4v) is 2.97. The van der Waals surface area contributed by atoms with E-state index in [1.54, 1.807) is 6.92 Å². The third kappa shape index (κ3) is 3.34. The van der Waals surface area contributed by atoms with Gasteiger partial charge in [-0.15, -0.1) is 11.8 Å². The van der Waals surface area contributed by atoms with E-state index in [0.29, 0.717) is 6.42 Å². The highest BCUT2D eigenvalue weighted by molar-refractivity contribution is 8.00. The monoisotopic (exact) mass is 271 g/mol. The lowest BCUT2D eigenvalue weighted by atomic mass is 9.99. The smallest absolute Gasteiger partial charge is 0.394 e. The van der Waals surface area contributed by atoms with E-state index in [4.69, 9.17) is 4.74 Å².